The van der Waals surface area contributed by atoms with Crippen molar-refractivity contribution < 1.29 is 8.85 Å². The van der Waals surface area contributed by atoms with Crippen LogP contribution in [-0.2, 0) is 18.1 Å². The topological polar surface area (TPSA) is 18.5 Å². The molecule has 0 bridgehead atoms. The molecule has 0 heterocycles. The van der Waals surface area contributed by atoms with Gasteiger partial charge in [-0.15, -0.1) is 0 Å². The predicted octanol–water partition coefficient (Wildman–Crippen LogP) is 4.88. The summed E-state index contributed by atoms with van der Waals surface area (Å²) in [5.74, 6) is 0. The Labute approximate surface area is 134 Å². The molecule has 0 saturated heterocycles. The number of rotatable bonds is 7. The number of hydrogen-bond donors (Lipinski definition) is 0. The minimum atomic E-state index is -2.34. The molecule has 1 rings (SSSR count). The molecule has 5 heteroatoms. The van der Waals surface area contributed by atoms with Gasteiger partial charge in [0.05, 0.1) is 3.95 Å². The van der Waals surface area contributed by atoms with Crippen LogP contribution in [0.3, 0.4) is 0 Å². The molecule has 0 radical (unpaired) electrons. The van der Waals surface area contributed by atoms with Crippen molar-refractivity contribution in [2.45, 2.75) is 36.6 Å². The molecule has 0 spiro atoms. The summed E-state index contributed by atoms with van der Waals surface area (Å²) in [6.07, 6.45) is 0. The van der Waals surface area contributed by atoms with Crippen LogP contribution < -0.4 is 0 Å². The van der Waals surface area contributed by atoms with Crippen molar-refractivity contribution in [1.82, 2.24) is 0 Å². The molecule has 0 aliphatic carbocycles. The fraction of sp³-hybridized carbons (Fsp3) is 0.571. The average Bonchev–Trinajstić information content (AvgIpc) is 2.39. The van der Waals surface area contributed by atoms with E-state index < -0.39 is 8.56 Å². The van der Waals surface area contributed by atoms with Crippen molar-refractivity contribution in [2.75, 3.05) is 13.2 Å². The summed E-state index contributed by atoms with van der Waals surface area (Å²) in [6.45, 7) is 9.64. The van der Waals surface area contributed by atoms with Crippen molar-refractivity contribution >= 4 is 40.4 Å². The minimum Gasteiger partial charge on any atom is -0.394 e. The molecule has 1 aromatic rings. The normalized spacial score (nSPS) is 15.3. The first-order chi connectivity index (χ1) is 8.91. The molecule has 108 valence electrons. The summed E-state index contributed by atoms with van der Waals surface area (Å²) < 4.78 is 11.7. The van der Waals surface area contributed by atoms with Crippen molar-refractivity contribution in [1.29, 1.82) is 0 Å². The lowest BCUT2D eigenvalue weighted by atomic mass is 10.1. The largest absolute Gasteiger partial charge is 0.394 e. The highest BCUT2D eigenvalue weighted by Crippen LogP contribution is 2.41. The molecule has 1 atom stereocenters. The molecule has 1 aromatic carbocycles. The summed E-state index contributed by atoms with van der Waals surface area (Å²) in [6, 6.07) is 8.57. The van der Waals surface area contributed by atoms with Crippen LogP contribution in [-0.4, -0.2) is 21.8 Å². The molecule has 2 nitrogen and oxygen atoms in total. The van der Waals surface area contributed by atoms with E-state index in [0.717, 1.165) is 5.33 Å². The Morgan fingerprint density at radius 2 is 1.58 bits per heavy atom. The van der Waals surface area contributed by atoms with E-state index in [2.05, 4.69) is 69.6 Å². The van der Waals surface area contributed by atoms with E-state index in [-0.39, 0.29) is 3.95 Å². The van der Waals surface area contributed by atoms with Gasteiger partial charge in [0, 0.05) is 18.5 Å². The SMILES string of the molecule is CCO[Si](C)(OCC)C(C)(Br)c1ccc(CBr)cc1. The third-order valence-electron chi connectivity index (χ3n) is 3.34. The Bertz CT molecular complexity index is 387. The first kappa shape index (κ1) is 17.4. The van der Waals surface area contributed by atoms with Gasteiger partial charge < -0.3 is 8.85 Å². The van der Waals surface area contributed by atoms with Crippen LogP contribution in [0.25, 0.3) is 0 Å². The lowest BCUT2D eigenvalue weighted by Gasteiger charge is -2.39. The lowest BCUT2D eigenvalue weighted by Crippen LogP contribution is -2.54. The average molecular weight is 410 g/mol. The van der Waals surface area contributed by atoms with Gasteiger partial charge in [-0.25, -0.2) is 0 Å². The highest BCUT2D eigenvalue weighted by atomic mass is 79.9. The molecule has 0 saturated carbocycles. The maximum Gasteiger partial charge on any atom is 0.356 e. The number of benzene rings is 1. The monoisotopic (exact) mass is 408 g/mol. The molecular formula is C14H22Br2O2Si. The van der Waals surface area contributed by atoms with Crippen LogP contribution in [0, 0.1) is 0 Å². The molecule has 0 aliphatic heterocycles. The number of hydrogen-bond acceptors (Lipinski definition) is 2. The summed E-state index contributed by atoms with van der Waals surface area (Å²) in [4.78, 5) is 0. The van der Waals surface area contributed by atoms with Gasteiger partial charge in [0.2, 0.25) is 0 Å². The summed E-state index contributed by atoms with van der Waals surface area (Å²) in [5, 5.41) is 0.873. The molecule has 0 aliphatic rings. The summed E-state index contributed by atoms with van der Waals surface area (Å²) in [5.41, 5.74) is 2.47. The van der Waals surface area contributed by atoms with E-state index in [1.54, 1.807) is 0 Å². The second-order valence-corrected chi connectivity index (χ2v) is 11.0. The van der Waals surface area contributed by atoms with Gasteiger partial charge in [0.1, 0.15) is 0 Å². The van der Waals surface area contributed by atoms with Crippen molar-refractivity contribution in [3.05, 3.63) is 35.4 Å². The second kappa shape index (κ2) is 7.36. The molecule has 0 N–H and O–H groups in total. The summed E-state index contributed by atoms with van der Waals surface area (Å²) >= 11 is 7.33. The Morgan fingerprint density at radius 1 is 1.11 bits per heavy atom. The number of alkyl halides is 2. The van der Waals surface area contributed by atoms with E-state index in [9.17, 15) is 0 Å². The number of halogens is 2. The Kier molecular flexibility index (Phi) is 6.73. The molecule has 19 heavy (non-hydrogen) atoms. The van der Waals surface area contributed by atoms with Crippen LogP contribution in [0.5, 0.6) is 0 Å². The van der Waals surface area contributed by atoms with Crippen molar-refractivity contribution in [3.63, 3.8) is 0 Å². The summed E-state index contributed by atoms with van der Waals surface area (Å²) in [7, 11) is -2.34. The predicted molar refractivity (Wildman–Crippen MR) is 90.2 cm³/mol. The fourth-order valence-electron chi connectivity index (χ4n) is 2.03. The van der Waals surface area contributed by atoms with Gasteiger partial charge in [-0.1, -0.05) is 56.1 Å². The van der Waals surface area contributed by atoms with Crippen molar-refractivity contribution in [2.24, 2.45) is 0 Å². The quantitative estimate of drug-likeness (QED) is 0.472. The highest BCUT2D eigenvalue weighted by Gasteiger charge is 2.50. The third kappa shape index (κ3) is 3.91. The standard InChI is InChI=1S/C14H22Br2O2Si/c1-5-17-19(4,18-6-2)14(3,16)13-9-7-12(11-15)8-10-13/h7-10H,5-6,11H2,1-4H3. The Morgan fingerprint density at radius 3 is 1.95 bits per heavy atom. The van der Waals surface area contributed by atoms with Gasteiger partial charge in [0.15, 0.2) is 0 Å². The van der Waals surface area contributed by atoms with Crippen LogP contribution in [0.2, 0.25) is 6.55 Å². The van der Waals surface area contributed by atoms with Gasteiger partial charge in [-0.05, 0) is 38.4 Å². The molecule has 1 unspecified atom stereocenters. The van der Waals surface area contributed by atoms with Crippen LogP contribution in [0.15, 0.2) is 24.3 Å². The molecule has 0 fully saturated rings. The first-order valence-corrected chi connectivity index (χ1v) is 10.8. The Hall–Kier alpha value is 0.317. The first-order valence-electron chi connectivity index (χ1n) is 6.53. The minimum absolute atomic E-state index is 0.267. The maximum atomic E-state index is 6.01. The van der Waals surface area contributed by atoms with E-state index >= 15 is 0 Å². The van der Waals surface area contributed by atoms with Crippen molar-refractivity contribution in [3.8, 4) is 0 Å². The molecule has 0 amide bonds. The van der Waals surface area contributed by atoms with Crippen LogP contribution >= 0.6 is 31.9 Å². The zero-order valence-electron chi connectivity index (χ0n) is 12.0. The van der Waals surface area contributed by atoms with Crippen LogP contribution in [0.4, 0.5) is 0 Å². The second-order valence-electron chi connectivity index (χ2n) is 4.65. The van der Waals surface area contributed by atoms with E-state index in [1.807, 2.05) is 13.8 Å². The molecule has 0 aromatic heterocycles. The lowest BCUT2D eigenvalue weighted by molar-refractivity contribution is 0.178. The zero-order valence-corrected chi connectivity index (χ0v) is 16.2. The van der Waals surface area contributed by atoms with Gasteiger partial charge >= 0.3 is 8.56 Å². The molecular weight excluding hydrogens is 388 g/mol. The smallest absolute Gasteiger partial charge is 0.356 e. The van der Waals surface area contributed by atoms with Crippen LogP contribution in [0.1, 0.15) is 31.9 Å². The van der Waals surface area contributed by atoms with Gasteiger partial charge in [0.25, 0.3) is 0 Å². The maximum absolute atomic E-state index is 6.01. The van der Waals surface area contributed by atoms with Gasteiger partial charge in [-0.2, -0.15) is 0 Å². The third-order valence-corrected chi connectivity index (χ3v) is 10.3. The fourth-order valence-corrected chi connectivity index (χ4v) is 5.78. The zero-order chi connectivity index (χ0) is 14.5. The van der Waals surface area contributed by atoms with Gasteiger partial charge in [-0.3, -0.25) is 0 Å². The van der Waals surface area contributed by atoms with E-state index in [1.165, 1.54) is 11.1 Å². The highest BCUT2D eigenvalue weighted by molar-refractivity contribution is 9.10. The van der Waals surface area contributed by atoms with E-state index in [0.29, 0.717) is 13.2 Å². The Balaban J connectivity index is 3.09. The van der Waals surface area contributed by atoms with E-state index in [4.69, 9.17) is 8.85 Å².